The number of fused-ring (bicyclic) bond motifs is 1. The van der Waals surface area contributed by atoms with Crippen LogP contribution >= 0.6 is 0 Å². The zero-order chi connectivity index (χ0) is 22.1. The lowest BCUT2D eigenvalue weighted by Crippen LogP contribution is -2.52. The van der Waals surface area contributed by atoms with Crippen molar-refractivity contribution in [2.75, 3.05) is 26.9 Å². The van der Waals surface area contributed by atoms with Crippen LogP contribution < -0.4 is 10.1 Å². The van der Waals surface area contributed by atoms with Crippen molar-refractivity contribution >= 4 is 14.4 Å². The van der Waals surface area contributed by atoms with E-state index in [-0.39, 0.29) is 29.1 Å². The van der Waals surface area contributed by atoms with Crippen LogP contribution in [0.25, 0.3) is 0 Å². The van der Waals surface area contributed by atoms with Gasteiger partial charge in [0.15, 0.2) is 8.32 Å². The molecular formula is C22H36N2O5Si. The van der Waals surface area contributed by atoms with E-state index >= 15 is 0 Å². The van der Waals surface area contributed by atoms with Crippen LogP contribution in [-0.2, 0) is 15.7 Å². The molecule has 1 aromatic carbocycles. The second-order valence-electron chi connectivity index (χ2n) is 9.85. The highest BCUT2D eigenvalue weighted by molar-refractivity contribution is 6.74. The van der Waals surface area contributed by atoms with Gasteiger partial charge in [-0.2, -0.15) is 0 Å². The molecule has 3 rings (SSSR count). The van der Waals surface area contributed by atoms with Gasteiger partial charge in [0.05, 0.1) is 39.0 Å². The van der Waals surface area contributed by atoms with Crippen LogP contribution in [0.2, 0.25) is 18.1 Å². The zero-order valence-corrected chi connectivity index (χ0v) is 20.0. The quantitative estimate of drug-likeness (QED) is 0.636. The molecule has 2 saturated heterocycles. The molecule has 0 radical (unpaired) electrons. The van der Waals surface area contributed by atoms with E-state index in [0.29, 0.717) is 26.4 Å². The molecule has 1 aromatic rings. The average molecular weight is 437 g/mol. The predicted molar refractivity (Wildman–Crippen MR) is 119 cm³/mol. The van der Waals surface area contributed by atoms with Gasteiger partial charge in [-0.1, -0.05) is 32.9 Å². The van der Waals surface area contributed by atoms with Crippen LogP contribution in [0.5, 0.6) is 5.75 Å². The van der Waals surface area contributed by atoms with Crippen LogP contribution in [0, 0.1) is 5.92 Å². The summed E-state index contributed by atoms with van der Waals surface area (Å²) in [7, 11) is -0.340. The van der Waals surface area contributed by atoms with Crippen molar-refractivity contribution in [3.8, 4) is 5.75 Å². The number of likely N-dealkylation sites (tertiary alicyclic amines) is 1. The van der Waals surface area contributed by atoms with Gasteiger partial charge in [-0.25, -0.2) is 4.79 Å². The number of benzene rings is 1. The van der Waals surface area contributed by atoms with Crippen molar-refractivity contribution in [3.63, 3.8) is 0 Å². The Labute approximate surface area is 180 Å². The maximum absolute atomic E-state index is 12.2. The fourth-order valence-corrected chi connectivity index (χ4v) is 5.16. The van der Waals surface area contributed by atoms with Gasteiger partial charge in [-0.15, -0.1) is 0 Å². The number of methoxy groups -OCH3 is 1. The lowest BCUT2D eigenvalue weighted by Gasteiger charge is -2.39. The Balaban J connectivity index is 1.77. The highest BCUT2D eigenvalue weighted by atomic mass is 28.4. The van der Waals surface area contributed by atoms with Gasteiger partial charge < -0.3 is 24.3 Å². The highest BCUT2D eigenvalue weighted by Crippen LogP contribution is 2.39. The maximum atomic E-state index is 12.2. The summed E-state index contributed by atoms with van der Waals surface area (Å²) in [6, 6.07) is 7.57. The largest absolute Gasteiger partial charge is 0.497 e. The third-order valence-electron chi connectivity index (χ3n) is 7.03. The first-order valence-electron chi connectivity index (χ1n) is 10.6. The van der Waals surface area contributed by atoms with Gasteiger partial charge in [0, 0.05) is 18.5 Å². The number of carbonyl (C=O) groups is 1. The predicted octanol–water partition coefficient (Wildman–Crippen LogP) is 3.55. The van der Waals surface area contributed by atoms with Crippen molar-refractivity contribution in [1.29, 1.82) is 0 Å². The Bertz CT molecular complexity index is 734. The molecule has 3 unspecified atom stereocenters. The summed E-state index contributed by atoms with van der Waals surface area (Å²) in [6.45, 7) is 13.1. The van der Waals surface area contributed by atoms with Gasteiger partial charge >= 0.3 is 6.09 Å². The van der Waals surface area contributed by atoms with E-state index in [4.69, 9.17) is 13.9 Å². The average Bonchev–Trinajstić information content (AvgIpc) is 3.24. The number of amides is 1. The lowest BCUT2D eigenvalue weighted by atomic mass is 9.96. The number of carboxylic acid groups (broad SMARTS) is 1. The number of hydrogen-bond acceptors (Lipinski definition) is 5. The molecule has 2 aliphatic rings. The van der Waals surface area contributed by atoms with E-state index in [1.54, 1.807) is 12.0 Å². The molecule has 2 aliphatic heterocycles. The monoisotopic (exact) mass is 436 g/mol. The van der Waals surface area contributed by atoms with Gasteiger partial charge in [0.25, 0.3) is 0 Å². The van der Waals surface area contributed by atoms with Crippen LogP contribution in [-0.4, -0.2) is 69.5 Å². The summed E-state index contributed by atoms with van der Waals surface area (Å²) in [4.78, 5) is 13.7. The SMILES string of the molecule is COc1ccc(CNC2C3COCC3N(C(=O)O)[C@@H]2CO[Si](C)(C)C(C)(C)C)cc1. The molecule has 0 bridgehead atoms. The molecule has 4 atom stereocenters. The third kappa shape index (κ3) is 4.66. The summed E-state index contributed by atoms with van der Waals surface area (Å²) < 4.78 is 17.4. The summed E-state index contributed by atoms with van der Waals surface area (Å²) in [5.74, 6) is 0.953. The van der Waals surface area contributed by atoms with Crippen LogP contribution in [0.15, 0.2) is 24.3 Å². The van der Waals surface area contributed by atoms with Gasteiger partial charge in [-0.3, -0.25) is 4.90 Å². The first kappa shape index (κ1) is 23.1. The molecule has 0 aromatic heterocycles. The van der Waals surface area contributed by atoms with E-state index in [0.717, 1.165) is 11.3 Å². The smallest absolute Gasteiger partial charge is 0.408 e. The van der Waals surface area contributed by atoms with E-state index in [1.807, 2.05) is 24.3 Å². The number of rotatable bonds is 7. The summed E-state index contributed by atoms with van der Waals surface area (Å²) in [5.41, 5.74) is 1.13. The molecule has 8 heteroatoms. The van der Waals surface area contributed by atoms with Crippen LogP contribution in [0.4, 0.5) is 4.79 Å². The van der Waals surface area contributed by atoms with Crippen LogP contribution in [0.1, 0.15) is 26.3 Å². The number of ether oxygens (including phenoxy) is 2. The van der Waals surface area contributed by atoms with Crippen molar-refractivity contribution < 1.29 is 23.8 Å². The molecule has 30 heavy (non-hydrogen) atoms. The first-order valence-corrected chi connectivity index (χ1v) is 13.6. The minimum Gasteiger partial charge on any atom is -0.497 e. The fraction of sp³-hybridized carbons (Fsp3) is 0.682. The molecule has 0 saturated carbocycles. The van der Waals surface area contributed by atoms with E-state index in [1.165, 1.54) is 0 Å². The summed E-state index contributed by atoms with van der Waals surface area (Å²) >= 11 is 0. The summed E-state index contributed by atoms with van der Waals surface area (Å²) in [5, 5.41) is 13.7. The Morgan fingerprint density at radius 3 is 2.50 bits per heavy atom. The lowest BCUT2D eigenvalue weighted by molar-refractivity contribution is 0.0747. The van der Waals surface area contributed by atoms with E-state index in [2.05, 4.69) is 39.2 Å². The molecule has 7 nitrogen and oxygen atoms in total. The minimum atomic E-state index is -1.99. The second-order valence-corrected chi connectivity index (χ2v) is 14.7. The van der Waals surface area contributed by atoms with Gasteiger partial charge in [0.2, 0.25) is 0 Å². The van der Waals surface area contributed by atoms with Crippen molar-refractivity contribution in [3.05, 3.63) is 29.8 Å². The van der Waals surface area contributed by atoms with E-state index in [9.17, 15) is 9.90 Å². The zero-order valence-electron chi connectivity index (χ0n) is 19.0. The molecule has 2 heterocycles. The molecule has 2 fully saturated rings. The number of nitrogens with one attached hydrogen (secondary N) is 1. The standard InChI is InChI=1S/C22H36N2O5Si/c1-22(2,3)30(5,6)29-14-19-20(17-12-28-13-18(17)24(19)21(25)26)23-11-15-7-9-16(27-4)10-8-15/h7-10,17-20,23H,11-14H2,1-6H3,(H,25,26)/t17?,18?,19-,20?/m1/s1. The highest BCUT2D eigenvalue weighted by Gasteiger charge is 2.54. The topological polar surface area (TPSA) is 80.3 Å². The van der Waals surface area contributed by atoms with Gasteiger partial charge in [0.1, 0.15) is 5.75 Å². The molecular weight excluding hydrogens is 400 g/mol. The Morgan fingerprint density at radius 1 is 1.27 bits per heavy atom. The van der Waals surface area contributed by atoms with Crippen molar-refractivity contribution in [2.24, 2.45) is 5.92 Å². The maximum Gasteiger partial charge on any atom is 0.408 e. The fourth-order valence-electron chi connectivity index (χ4n) is 4.14. The van der Waals surface area contributed by atoms with Gasteiger partial charge in [-0.05, 0) is 35.8 Å². The third-order valence-corrected chi connectivity index (χ3v) is 11.5. The van der Waals surface area contributed by atoms with Crippen LogP contribution in [0.3, 0.4) is 0 Å². The Morgan fingerprint density at radius 2 is 1.93 bits per heavy atom. The molecule has 0 aliphatic carbocycles. The molecule has 2 N–H and O–H groups in total. The molecule has 1 amide bonds. The Kier molecular flexibility index (Phi) is 6.81. The first-order chi connectivity index (χ1) is 14.0. The Hall–Kier alpha value is -1.61. The number of nitrogens with zero attached hydrogens (tertiary/aromatic N) is 1. The minimum absolute atomic E-state index is 0.0135. The summed E-state index contributed by atoms with van der Waals surface area (Å²) in [6.07, 6.45) is -0.895. The van der Waals surface area contributed by atoms with Crippen molar-refractivity contribution in [2.45, 2.75) is 63.6 Å². The number of hydrogen-bond donors (Lipinski definition) is 2. The molecule has 0 spiro atoms. The normalized spacial score (nSPS) is 26.7. The van der Waals surface area contributed by atoms with E-state index < -0.39 is 14.4 Å². The molecule has 168 valence electrons. The van der Waals surface area contributed by atoms with Crippen molar-refractivity contribution in [1.82, 2.24) is 10.2 Å². The second kappa shape index (κ2) is 8.86.